The first kappa shape index (κ1) is 24.6. The lowest BCUT2D eigenvalue weighted by Gasteiger charge is -2.39. The molecule has 2 aromatic heterocycles. The maximum absolute atomic E-state index is 13.6. The van der Waals surface area contributed by atoms with Gasteiger partial charge in [0.15, 0.2) is 0 Å². The summed E-state index contributed by atoms with van der Waals surface area (Å²) >= 11 is 7.41. The Morgan fingerprint density at radius 1 is 0.816 bits per heavy atom. The number of piperazine rings is 1. The Hall–Kier alpha value is -3.71. The molecule has 5 nitrogen and oxygen atoms in total. The summed E-state index contributed by atoms with van der Waals surface area (Å²) in [6.45, 7) is 2.85. The summed E-state index contributed by atoms with van der Waals surface area (Å²) in [5.41, 5.74) is 11.3. The van der Waals surface area contributed by atoms with E-state index in [1.807, 2.05) is 53.4 Å². The fraction of sp³-hybridized carbons (Fsp3) is 0.161. The molecule has 0 unspecified atom stereocenters. The van der Waals surface area contributed by atoms with E-state index in [1.165, 1.54) is 22.5 Å². The van der Waals surface area contributed by atoms with Crippen molar-refractivity contribution in [3.63, 3.8) is 0 Å². The van der Waals surface area contributed by atoms with E-state index in [1.54, 1.807) is 0 Å². The van der Waals surface area contributed by atoms with Crippen LogP contribution in [0.25, 0.3) is 21.5 Å². The van der Waals surface area contributed by atoms with Gasteiger partial charge in [0.25, 0.3) is 5.91 Å². The van der Waals surface area contributed by atoms with Crippen molar-refractivity contribution < 1.29 is 4.79 Å². The summed E-state index contributed by atoms with van der Waals surface area (Å²) in [6, 6.07) is 32.8. The smallest absolute Gasteiger partial charge is 0.266 e. The molecule has 190 valence electrons. The van der Waals surface area contributed by atoms with E-state index in [0.29, 0.717) is 28.7 Å². The third-order valence-corrected chi connectivity index (χ3v) is 8.48. The van der Waals surface area contributed by atoms with Gasteiger partial charge in [-0.1, -0.05) is 84.4 Å². The number of pyridine rings is 1. The van der Waals surface area contributed by atoms with Gasteiger partial charge in [0, 0.05) is 42.2 Å². The van der Waals surface area contributed by atoms with Gasteiger partial charge in [0.1, 0.15) is 9.71 Å². The van der Waals surface area contributed by atoms with Crippen LogP contribution in [0.15, 0.2) is 97.1 Å². The summed E-state index contributed by atoms with van der Waals surface area (Å²) in [7, 11) is 0. The van der Waals surface area contributed by atoms with Crippen LogP contribution in [-0.2, 0) is 0 Å². The molecular weight excluding hydrogens is 512 g/mol. The normalized spacial score (nSPS) is 14.3. The van der Waals surface area contributed by atoms with Gasteiger partial charge in [-0.05, 0) is 35.4 Å². The molecule has 0 radical (unpaired) electrons. The Labute approximate surface area is 231 Å². The molecule has 0 aliphatic carbocycles. The van der Waals surface area contributed by atoms with E-state index in [4.69, 9.17) is 22.3 Å². The molecule has 3 heterocycles. The maximum atomic E-state index is 13.6. The van der Waals surface area contributed by atoms with E-state index in [9.17, 15) is 4.79 Å². The summed E-state index contributed by atoms with van der Waals surface area (Å²) in [6.07, 6.45) is 0. The number of anilines is 1. The zero-order valence-electron chi connectivity index (χ0n) is 20.8. The first-order chi connectivity index (χ1) is 18.6. The van der Waals surface area contributed by atoms with Crippen molar-refractivity contribution in [3.8, 4) is 11.3 Å². The minimum atomic E-state index is -0.0193. The van der Waals surface area contributed by atoms with Crippen LogP contribution < -0.4 is 5.73 Å². The van der Waals surface area contributed by atoms with Crippen molar-refractivity contribution >= 4 is 44.7 Å². The highest BCUT2D eigenvalue weighted by atomic mass is 35.5. The van der Waals surface area contributed by atoms with Crippen LogP contribution in [0, 0.1) is 0 Å². The van der Waals surface area contributed by atoms with Crippen molar-refractivity contribution in [2.45, 2.75) is 6.04 Å². The van der Waals surface area contributed by atoms with Gasteiger partial charge in [-0.2, -0.15) is 0 Å². The number of rotatable bonds is 5. The van der Waals surface area contributed by atoms with E-state index in [0.717, 1.165) is 34.6 Å². The molecular formula is C31H27ClN4OS. The quantitative estimate of drug-likeness (QED) is 0.269. The van der Waals surface area contributed by atoms with Gasteiger partial charge in [-0.25, -0.2) is 4.98 Å². The number of carbonyl (C=O) groups excluding carboxylic acids is 1. The summed E-state index contributed by atoms with van der Waals surface area (Å²) in [5, 5.41) is 1.50. The first-order valence-corrected chi connectivity index (χ1v) is 13.9. The zero-order chi connectivity index (χ0) is 26.1. The van der Waals surface area contributed by atoms with Crippen LogP contribution in [0.4, 0.5) is 5.69 Å². The number of amides is 1. The Balaban J connectivity index is 1.21. The van der Waals surface area contributed by atoms with E-state index < -0.39 is 0 Å². The van der Waals surface area contributed by atoms with Crippen LogP contribution >= 0.6 is 22.9 Å². The molecule has 2 N–H and O–H groups in total. The molecule has 3 aromatic carbocycles. The minimum Gasteiger partial charge on any atom is -0.397 e. The molecule has 1 aliphatic heterocycles. The summed E-state index contributed by atoms with van der Waals surface area (Å²) in [4.78, 5) is 24.1. The van der Waals surface area contributed by atoms with Gasteiger partial charge in [-0.15, -0.1) is 11.3 Å². The number of fused-ring (bicyclic) bond motifs is 1. The number of nitrogens with zero attached hydrogens (tertiary/aromatic N) is 3. The standard InChI is InChI=1S/C31H27ClN4OS/c32-24-13-11-21(12-14-24)26-16-15-25-27(33)29(38-30(25)34-26)31(37)36-19-17-35(18-20-36)28(22-7-3-1-4-8-22)23-9-5-2-6-10-23/h1-16,28H,17-20,33H2. The lowest BCUT2D eigenvalue weighted by Crippen LogP contribution is -2.49. The number of carbonyl (C=O) groups is 1. The number of halogens is 1. The Morgan fingerprint density at radius 2 is 1.42 bits per heavy atom. The van der Waals surface area contributed by atoms with Crippen LogP contribution in [0.5, 0.6) is 0 Å². The monoisotopic (exact) mass is 538 g/mol. The van der Waals surface area contributed by atoms with Crippen molar-refractivity contribution in [2.24, 2.45) is 0 Å². The van der Waals surface area contributed by atoms with Gasteiger partial charge >= 0.3 is 0 Å². The second-order valence-corrected chi connectivity index (χ2v) is 10.9. The van der Waals surface area contributed by atoms with Gasteiger partial charge in [0.05, 0.1) is 17.4 Å². The van der Waals surface area contributed by atoms with Crippen molar-refractivity contribution in [3.05, 3.63) is 118 Å². The zero-order valence-corrected chi connectivity index (χ0v) is 22.3. The average Bonchev–Trinajstić information content (AvgIpc) is 3.30. The Morgan fingerprint density at radius 3 is 2.03 bits per heavy atom. The molecule has 0 saturated carbocycles. The molecule has 38 heavy (non-hydrogen) atoms. The molecule has 1 aliphatic rings. The number of nitrogens with two attached hydrogens (primary N) is 1. The highest BCUT2D eigenvalue weighted by Gasteiger charge is 2.30. The van der Waals surface area contributed by atoms with Crippen LogP contribution in [0.2, 0.25) is 5.02 Å². The molecule has 1 amide bonds. The number of benzene rings is 3. The SMILES string of the molecule is Nc1c(C(=O)N2CCN(C(c3ccccc3)c3ccccc3)CC2)sc2nc(-c3ccc(Cl)cc3)ccc12. The fourth-order valence-corrected chi connectivity index (χ4v) is 6.34. The highest BCUT2D eigenvalue weighted by molar-refractivity contribution is 7.21. The summed E-state index contributed by atoms with van der Waals surface area (Å²) < 4.78 is 0. The molecule has 1 fully saturated rings. The molecule has 0 spiro atoms. The number of thiophene rings is 1. The predicted octanol–water partition coefficient (Wildman–Crippen LogP) is 6.75. The largest absolute Gasteiger partial charge is 0.397 e. The molecule has 0 bridgehead atoms. The van der Waals surface area contributed by atoms with Crippen LogP contribution in [0.3, 0.4) is 0 Å². The number of hydrogen-bond acceptors (Lipinski definition) is 5. The topological polar surface area (TPSA) is 62.5 Å². The van der Waals surface area contributed by atoms with E-state index >= 15 is 0 Å². The lowest BCUT2D eigenvalue weighted by atomic mass is 9.96. The molecule has 5 aromatic rings. The Kier molecular flexibility index (Phi) is 6.85. The molecule has 6 rings (SSSR count). The maximum Gasteiger partial charge on any atom is 0.266 e. The Bertz CT molecular complexity index is 1520. The highest BCUT2D eigenvalue weighted by Crippen LogP contribution is 2.36. The third kappa shape index (κ3) is 4.78. The average molecular weight is 539 g/mol. The van der Waals surface area contributed by atoms with Gasteiger partial charge < -0.3 is 10.6 Å². The molecule has 7 heteroatoms. The van der Waals surface area contributed by atoms with Crippen LogP contribution in [0.1, 0.15) is 26.8 Å². The van der Waals surface area contributed by atoms with Gasteiger partial charge in [-0.3, -0.25) is 9.69 Å². The fourth-order valence-electron chi connectivity index (χ4n) is 5.15. The van der Waals surface area contributed by atoms with Gasteiger partial charge in [0.2, 0.25) is 0 Å². The summed E-state index contributed by atoms with van der Waals surface area (Å²) in [5.74, 6) is -0.0193. The first-order valence-electron chi connectivity index (χ1n) is 12.7. The number of hydrogen-bond donors (Lipinski definition) is 1. The molecule has 1 saturated heterocycles. The number of aromatic nitrogens is 1. The van der Waals surface area contributed by atoms with E-state index in [-0.39, 0.29) is 11.9 Å². The molecule has 0 atom stereocenters. The third-order valence-electron chi connectivity index (χ3n) is 7.13. The van der Waals surface area contributed by atoms with Crippen molar-refractivity contribution in [2.75, 3.05) is 31.9 Å². The van der Waals surface area contributed by atoms with Crippen molar-refractivity contribution in [1.29, 1.82) is 0 Å². The minimum absolute atomic E-state index is 0.0193. The lowest BCUT2D eigenvalue weighted by molar-refractivity contribution is 0.0603. The van der Waals surface area contributed by atoms with Crippen LogP contribution in [-0.4, -0.2) is 46.9 Å². The predicted molar refractivity (Wildman–Crippen MR) is 157 cm³/mol. The van der Waals surface area contributed by atoms with E-state index in [2.05, 4.69) is 53.4 Å². The van der Waals surface area contributed by atoms with Crippen molar-refractivity contribution in [1.82, 2.24) is 14.8 Å². The number of nitrogen functional groups attached to an aromatic ring is 1. The second-order valence-electron chi connectivity index (χ2n) is 9.45. The second kappa shape index (κ2) is 10.6.